The lowest BCUT2D eigenvalue weighted by molar-refractivity contribution is -0.128. The van der Waals surface area contributed by atoms with Crippen molar-refractivity contribution in [3.05, 3.63) is 54.0 Å². The maximum Gasteiger partial charge on any atom is 0.411 e. The summed E-state index contributed by atoms with van der Waals surface area (Å²) in [4.78, 5) is 32.1. The summed E-state index contributed by atoms with van der Waals surface area (Å²) in [6.45, 7) is 5.42. The van der Waals surface area contributed by atoms with Crippen LogP contribution in [0, 0.1) is 23.1 Å². The van der Waals surface area contributed by atoms with Gasteiger partial charge in [0.2, 0.25) is 5.91 Å². The average Bonchev–Trinajstić information content (AvgIpc) is 3.44. The van der Waals surface area contributed by atoms with Crippen LogP contribution in [-0.4, -0.2) is 45.6 Å². The summed E-state index contributed by atoms with van der Waals surface area (Å²) < 4.78 is 19.1. The van der Waals surface area contributed by atoms with Gasteiger partial charge in [0, 0.05) is 35.5 Å². The second kappa shape index (κ2) is 9.05. The normalized spacial score (nSPS) is 22.0. The Kier molecular flexibility index (Phi) is 6.03. The third kappa shape index (κ3) is 4.58. The van der Waals surface area contributed by atoms with Crippen molar-refractivity contribution in [3.63, 3.8) is 0 Å². The number of ether oxygens (including phenoxy) is 1. The molecule has 1 aliphatic carbocycles. The number of amides is 2. The second-order valence-electron chi connectivity index (χ2n) is 10.8. The molecule has 36 heavy (non-hydrogen) atoms. The molecule has 1 unspecified atom stereocenters. The van der Waals surface area contributed by atoms with Crippen molar-refractivity contribution in [2.75, 3.05) is 0 Å². The Labute approximate surface area is 209 Å². The molecule has 4 atom stereocenters. The van der Waals surface area contributed by atoms with Gasteiger partial charge in [0.15, 0.2) is 0 Å². The number of fused-ring (bicyclic) bond motifs is 5. The van der Waals surface area contributed by atoms with Crippen molar-refractivity contribution in [2.24, 2.45) is 5.92 Å². The lowest BCUT2D eigenvalue weighted by Gasteiger charge is -2.35. The number of likely N-dealkylation sites (tertiary alicyclic amines) is 1. The molecular weight excluding hydrogens is 459 g/mol. The van der Waals surface area contributed by atoms with E-state index in [1.54, 1.807) is 37.9 Å². The minimum atomic E-state index is -0.753. The van der Waals surface area contributed by atoms with E-state index in [2.05, 4.69) is 16.4 Å². The van der Waals surface area contributed by atoms with Gasteiger partial charge in [-0.25, -0.2) is 9.18 Å². The van der Waals surface area contributed by atoms with Gasteiger partial charge in [-0.3, -0.25) is 14.7 Å². The Morgan fingerprint density at radius 1 is 1.22 bits per heavy atom. The number of carbonyl (C=O) groups excluding carboxylic acids is 2. The van der Waals surface area contributed by atoms with Gasteiger partial charge in [-0.1, -0.05) is 12.1 Å². The van der Waals surface area contributed by atoms with E-state index >= 15 is 0 Å². The topological polar surface area (TPSA) is 95.3 Å². The highest BCUT2D eigenvalue weighted by Crippen LogP contribution is 2.43. The average molecular weight is 489 g/mol. The summed E-state index contributed by atoms with van der Waals surface area (Å²) >= 11 is 0. The van der Waals surface area contributed by atoms with Gasteiger partial charge >= 0.3 is 6.09 Å². The number of aromatic nitrogens is 1. The van der Waals surface area contributed by atoms with Crippen molar-refractivity contribution < 1.29 is 18.7 Å². The molecule has 1 aliphatic heterocycles. The zero-order valence-electron chi connectivity index (χ0n) is 20.6. The first kappa shape index (κ1) is 24.0. The lowest BCUT2D eigenvalue weighted by Crippen LogP contribution is -2.55. The van der Waals surface area contributed by atoms with Gasteiger partial charge < -0.3 is 10.1 Å². The first-order chi connectivity index (χ1) is 17.1. The molecule has 2 bridgehead atoms. The van der Waals surface area contributed by atoms with Crippen LogP contribution in [0.2, 0.25) is 0 Å². The molecule has 1 N–H and O–H groups in total. The highest BCUT2D eigenvalue weighted by molar-refractivity contribution is 6.05. The maximum atomic E-state index is 13.6. The molecule has 1 aromatic heterocycles. The fourth-order valence-corrected chi connectivity index (χ4v) is 5.59. The molecule has 2 aromatic carbocycles. The predicted octanol–water partition coefficient (Wildman–Crippen LogP) is 4.87. The summed E-state index contributed by atoms with van der Waals surface area (Å²) in [5, 5.41) is 15.3. The first-order valence-electron chi connectivity index (χ1n) is 12.3. The van der Waals surface area contributed by atoms with Crippen molar-refractivity contribution in [1.29, 1.82) is 5.26 Å². The quantitative estimate of drug-likeness (QED) is 0.529. The molecule has 5 rings (SSSR count). The number of nitrogens with zero attached hydrogens (tertiary/aromatic N) is 3. The number of piperidine rings is 1. The van der Waals surface area contributed by atoms with Crippen molar-refractivity contribution in [2.45, 2.75) is 70.2 Å². The van der Waals surface area contributed by atoms with Crippen LogP contribution in [0.4, 0.5) is 9.18 Å². The highest BCUT2D eigenvalue weighted by Gasteiger charge is 2.52. The number of hydrogen-bond acceptors (Lipinski definition) is 5. The van der Waals surface area contributed by atoms with Gasteiger partial charge in [0.1, 0.15) is 23.5 Å². The van der Waals surface area contributed by atoms with Crippen molar-refractivity contribution in [1.82, 2.24) is 15.2 Å². The zero-order chi connectivity index (χ0) is 25.6. The molecule has 186 valence electrons. The van der Waals surface area contributed by atoms with Crippen LogP contribution in [-0.2, 0) is 16.0 Å². The first-order valence-corrected chi connectivity index (χ1v) is 12.3. The van der Waals surface area contributed by atoms with Gasteiger partial charge in [0.25, 0.3) is 0 Å². The molecule has 8 heteroatoms. The third-order valence-electron chi connectivity index (χ3n) is 7.08. The summed E-state index contributed by atoms with van der Waals surface area (Å²) in [5.41, 5.74) is 0.798. The number of benzene rings is 2. The Bertz CT molecular complexity index is 1390. The minimum Gasteiger partial charge on any atom is -0.444 e. The number of carbonyl (C=O) groups is 2. The largest absolute Gasteiger partial charge is 0.444 e. The van der Waals surface area contributed by atoms with E-state index in [-0.39, 0.29) is 23.7 Å². The number of pyridine rings is 1. The standard InChI is InChI=1S/C28H29FN4O3/c1-28(2,3)36-27(35)33-21-7-5-17(12-21)25(33)26(34)32-20(14-30)11-16-4-8-22-18(10-16)15-31-24-13-19(29)6-9-23(22)24/h4,6,8-10,13,15,17,20-21,25H,5,7,11-12H2,1-3H3,(H,32,34)/t17-,20?,21+,25-/m0/s1. The fourth-order valence-electron chi connectivity index (χ4n) is 5.59. The van der Waals surface area contributed by atoms with Gasteiger partial charge in [-0.2, -0.15) is 5.26 Å². The summed E-state index contributed by atoms with van der Waals surface area (Å²) in [5.74, 6) is -0.568. The number of nitrogens with one attached hydrogen (secondary N) is 1. The summed E-state index contributed by atoms with van der Waals surface area (Å²) in [6, 6.07) is 11.1. The van der Waals surface area contributed by atoms with E-state index in [1.807, 2.05) is 18.2 Å². The van der Waals surface area contributed by atoms with Crippen molar-refractivity contribution >= 4 is 33.7 Å². The molecule has 1 saturated heterocycles. The molecule has 2 fully saturated rings. The van der Waals surface area contributed by atoms with Gasteiger partial charge in [0.05, 0.1) is 11.6 Å². The van der Waals surface area contributed by atoms with Crippen LogP contribution in [0.3, 0.4) is 0 Å². The molecule has 1 saturated carbocycles. The Morgan fingerprint density at radius 3 is 2.75 bits per heavy atom. The molecular formula is C28H29FN4O3. The van der Waals surface area contributed by atoms with E-state index in [9.17, 15) is 19.2 Å². The van der Waals surface area contributed by atoms with Crippen LogP contribution >= 0.6 is 0 Å². The van der Waals surface area contributed by atoms with E-state index in [1.165, 1.54) is 12.1 Å². The second-order valence-corrected chi connectivity index (χ2v) is 10.8. The molecule has 3 aromatic rings. The van der Waals surface area contributed by atoms with E-state index < -0.39 is 23.8 Å². The predicted molar refractivity (Wildman–Crippen MR) is 133 cm³/mol. The van der Waals surface area contributed by atoms with Crippen LogP contribution in [0.25, 0.3) is 21.7 Å². The molecule has 7 nitrogen and oxygen atoms in total. The molecule has 2 heterocycles. The molecule has 2 amide bonds. The van der Waals surface area contributed by atoms with Crippen LogP contribution in [0.15, 0.2) is 42.6 Å². The van der Waals surface area contributed by atoms with Crippen LogP contribution in [0.1, 0.15) is 45.6 Å². The molecule has 2 aliphatic rings. The van der Waals surface area contributed by atoms with Gasteiger partial charge in [-0.05, 0) is 75.1 Å². The molecule has 0 radical (unpaired) electrons. The maximum absolute atomic E-state index is 13.6. The number of halogens is 1. The minimum absolute atomic E-state index is 0.00239. The summed E-state index contributed by atoms with van der Waals surface area (Å²) in [6.07, 6.45) is 4.06. The Hall–Kier alpha value is -3.73. The number of nitriles is 1. The smallest absolute Gasteiger partial charge is 0.411 e. The fraction of sp³-hybridized carbons (Fsp3) is 0.429. The number of hydrogen-bond donors (Lipinski definition) is 1. The van der Waals surface area contributed by atoms with E-state index in [0.717, 1.165) is 41.0 Å². The SMILES string of the molecule is CC(C)(C)OC(=O)N1[C@@H]2CC[C@@H](C2)[C@H]1C(=O)NC(C#N)Cc1ccc2c(cnc3cc(F)ccc32)c1. The monoisotopic (exact) mass is 488 g/mol. The zero-order valence-corrected chi connectivity index (χ0v) is 20.6. The summed E-state index contributed by atoms with van der Waals surface area (Å²) in [7, 11) is 0. The lowest BCUT2D eigenvalue weighted by atomic mass is 9.97. The Morgan fingerprint density at radius 2 is 2.00 bits per heavy atom. The molecule has 0 spiro atoms. The van der Waals surface area contributed by atoms with Crippen LogP contribution < -0.4 is 5.32 Å². The highest BCUT2D eigenvalue weighted by atomic mass is 19.1. The number of rotatable bonds is 4. The van der Waals surface area contributed by atoms with Crippen molar-refractivity contribution in [3.8, 4) is 6.07 Å². The van der Waals surface area contributed by atoms with E-state index in [0.29, 0.717) is 11.9 Å². The van der Waals surface area contributed by atoms with Gasteiger partial charge in [-0.15, -0.1) is 0 Å². The Balaban J connectivity index is 1.32. The van der Waals surface area contributed by atoms with E-state index in [4.69, 9.17) is 4.74 Å². The van der Waals surface area contributed by atoms with Crippen LogP contribution in [0.5, 0.6) is 0 Å². The third-order valence-corrected chi connectivity index (χ3v) is 7.08.